The Morgan fingerprint density at radius 3 is 2.57 bits per heavy atom. The average molecular weight is 200 g/mol. The normalized spacial score (nSPS) is 23.0. The summed E-state index contributed by atoms with van der Waals surface area (Å²) in [6.07, 6.45) is 2.37. The monoisotopic (exact) mass is 200 g/mol. The fourth-order valence-electron chi connectivity index (χ4n) is 1.76. The van der Waals surface area contributed by atoms with Gasteiger partial charge < -0.3 is 15.8 Å². The zero-order chi connectivity index (χ0) is 10.6. The van der Waals surface area contributed by atoms with Gasteiger partial charge in [0.2, 0.25) is 5.91 Å². The molecular weight excluding hydrogens is 180 g/mol. The van der Waals surface area contributed by atoms with E-state index in [1.165, 1.54) is 0 Å². The van der Waals surface area contributed by atoms with E-state index in [2.05, 4.69) is 19.2 Å². The van der Waals surface area contributed by atoms with Gasteiger partial charge in [-0.3, -0.25) is 4.79 Å². The molecule has 1 atom stereocenters. The predicted molar refractivity (Wildman–Crippen MR) is 54.9 cm³/mol. The maximum Gasteiger partial charge on any atom is 0.237 e. The van der Waals surface area contributed by atoms with Crippen molar-refractivity contribution in [3.8, 4) is 0 Å². The van der Waals surface area contributed by atoms with Crippen LogP contribution in [0.4, 0.5) is 0 Å². The number of ether oxygens (including phenoxy) is 1. The third-order valence-electron chi connectivity index (χ3n) is 2.95. The van der Waals surface area contributed by atoms with E-state index in [0.717, 1.165) is 6.42 Å². The molecule has 0 aromatic carbocycles. The molecule has 1 aliphatic heterocycles. The molecule has 1 amide bonds. The Morgan fingerprint density at radius 2 is 2.14 bits per heavy atom. The topological polar surface area (TPSA) is 64.3 Å². The molecule has 14 heavy (non-hydrogen) atoms. The van der Waals surface area contributed by atoms with Crippen molar-refractivity contribution in [2.24, 2.45) is 5.73 Å². The predicted octanol–water partition coefficient (Wildman–Crippen LogP) is 0.409. The van der Waals surface area contributed by atoms with Crippen molar-refractivity contribution in [2.45, 2.75) is 44.7 Å². The Kier molecular flexibility index (Phi) is 3.89. The second kappa shape index (κ2) is 4.75. The quantitative estimate of drug-likeness (QED) is 0.691. The number of rotatable bonds is 4. The Labute approximate surface area is 85.2 Å². The molecule has 0 aliphatic carbocycles. The van der Waals surface area contributed by atoms with Crippen molar-refractivity contribution in [3.63, 3.8) is 0 Å². The highest BCUT2D eigenvalue weighted by molar-refractivity contribution is 5.84. The third kappa shape index (κ3) is 2.45. The van der Waals surface area contributed by atoms with Crippen LogP contribution in [0.5, 0.6) is 0 Å². The summed E-state index contributed by atoms with van der Waals surface area (Å²) in [5.74, 6) is -0.249. The highest BCUT2D eigenvalue weighted by Crippen LogP contribution is 2.21. The molecule has 1 saturated heterocycles. The highest BCUT2D eigenvalue weighted by atomic mass is 16.5. The van der Waals surface area contributed by atoms with Crippen molar-refractivity contribution in [3.05, 3.63) is 0 Å². The van der Waals surface area contributed by atoms with Crippen LogP contribution in [-0.2, 0) is 9.53 Å². The molecule has 0 spiro atoms. The van der Waals surface area contributed by atoms with Gasteiger partial charge in [0.05, 0.1) is 0 Å². The van der Waals surface area contributed by atoms with Crippen LogP contribution in [0.2, 0.25) is 0 Å². The molecule has 0 aromatic heterocycles. The molecule has 3 N–H and O–H groups in total. The van der Waals surface area contributed by atoms with E-state index in [9.17, 15) is 4.79 Å². The van der Waals surface area contributed by atoms with Crippen LogP contribution in [0.3, 0.4) is 0 Å². The summed E-state index contributed by atoms with van der Waals surface area (Å²) in [6, 6.07) is 0.320. The Morgan fingerprint density at radius 1 is 1.57 bits per heavy atom. The number of nitrogens with one attached hydrogen (secondary N) is 1. The molecule has 1 fully saturated rings. The molecule has 1 heterocycles. The van der Waals surface area contributed by atoms with E-state index in [4.69, 9.17) is 10.5 Å². The third-order valence-corrected chi connectivity index (χ3v) is 2.95. The van der Waals surface area contributed by atoms with Gasteiger partial charge in [0.25, 0.3) is 0 Å². The lowest BCUT2D eigenvalue weighted by Crippen LogP contribution is -2.60. The minimum atomic E-state index is -0.534. The fourth-order valence-corrected chi connectivity index (χ4v) is 1.76. The second-order valence-corrected chi connectivity index (χ2v) is 4.01. The zero-order valence-corrected chi connectivity index (χ0v) is 9.01. The van der Waals surface area contributed by atoms with Crippen LogP contribution >= 0.6 is 0 Å². The minimum Gasteiger partial charge on any atom is -0.381 e. The summed E-state index contributed by atoms with van der Waals surface area (Å²) < 4.78 is 5.24. The van der Waals surface area contributed by atoms with Gasteiger partial charge in [-0.2, -0.15) is 0 Å². The lowest BCUT2D eigenvalue weighted by atomic mass is 9.88. The molecule has 1 rings (SSSR count). The molecule has 4 heteroatoms. The number of nitrogens with two attached hydrogens (primary N) is 1. The van der Waals surface area contributed by atoms with E-state index in [-0.39, 0.29) is 5.91 Å². The largest absolute Gasteiger partial charge is 0.381 e. The van der Waals surface area contributed by atoms with Crippen molar-refractivity contribution >= 4 is 5.91 Å². The minimum absolute atomic E-state index is 0.249. The maximum atomic E-state index is 11.4. The summed E-state index contributed by atoms with van der Waals surface area (Å²) in [6.45, 7) is 5.39. The Bertz CT molecular complexity index is 200. The number of carbonyl (C=O) groups is 1. The molecule has 4 nitrogen and oxygen atoms in total. The first kappa shape index (κ1) is 11.5. The number of hydrogen-bond acceptors (Lipinski definition) is 3. The number of carbonyl (C=O) groups excluding carboxylic acids is 1. The Balaban J connectivity index is 2.65. The van der Waals surface area contributed by atoms with Gasteiger partial charge >= 0.3 is 0 Å². The number of amides is 1. The van der Waals surface area contributed by atoms with Gasteiger partial charge in [-0.15, -0.1) is 0 Å². The first-order chi connectivity index (χ1) is 6.60. The van der Waals surface area contributed by atoms with Crippen LogP contribution < -0.4 is 11.1 Å². The summed E-state index contributed by atoms with van der Waals surface area (Å²) in [4.78, 5) is 11.4. The first-order valence-corrected chi connectivity index (χ1v) is 5.26. The number of primary amides is 1. The molecule has 0 aromatic rings. The smallest absolute Gasteiger partial charge is 0.237 e. The van der Waals surface area contributed by atoms with Crippen molar-refractivity contribution in [1.82, 2.24) is 5.32 Å². The van der Waals surface area contributed by atoms with E-state index in [1.807, 2.05) is 0 Å². The number of hydrogen-bond donors (Lipinski definition) is 2. The van der Waals surface area contributed by atoms with E-state index >= 15 is 0 Å². The average Bonchev–Trinajstić information content (AvgIpc) is 2.19. The van der Waals surface area contributed by atoms with Gasteiger partial charge in [0.1, 0.15) is 5.54 Å². The summed E-state index contributed by atoms with van der Waals surface area (Å²) in [7, 11) is 0. The van der Waals surface area contributed by atoms with Crippen LogP contribution in [0.15, 0.2) is 0 Å². The van der Waals surface area contributed by atoms with Gasteiger partial charge in [-0.1, -0.05) is 6.92 Å². The molecule has 0 radical (unpaired) electrons. The molecule has 0 bridgehead atoms. The van der Waals surface area contributed by atoms with Crippen LogP contribution in [0.25, 0.3) is 0 Å². The lowest BCUT2D eigenvalue weighted by Gasteiger charge is -2.37. The molecule has 1 unspecified atom stereocenters. The van der Waals surface area contributed by atoms with Gasteiger partial charge in [-0.25, -0.2) is 0 Å². The van der Waals surface area contributed by atoms with Crippen molar-refractivity contribution in [2.75, 3.05) is 13.2 Å². The summed E-state index contributed by atoms with van der Waals surface area (Å²) in [5, 5.41) is 3.33. The SMILES string of the molecule is CCC(C)NC1(C(N)=O)CCOCC1. The zero-order valence-electron chi connectivity index (χ0n) is 9.01. The van der Waals surface area contributed by atoms with Crippen molar-refractivity contribution < 1.29 is 9.53 Å². The van der Waals surface area contributed by atoms with Crippen LogP contribution in [0.1, 0.15) is 33.1 Å². The molecule has 82 valence electrons. The molecule has 0 saturated carbocycles. The van der Waals surface area contributed by atoms with E-state index in [1.54, 1.807) is 0 Å². The van der Waals surface area contributed by atoms with Crippen molar-refractivity contribution in [1.29, 1.82) is 0 Å². The van der Waals surface area contributed by atoms with Crippen LogP contribution in [-0.4, -0.2) is 30.7 Å². The van der Waals surface area contributed by atoms with Gasteiger partial charge in [0.15, 0.2) is 0 Å². The summed E-state index contributed by atoms with van der Waals surface area (Å²) >= 11 is 0. The Hall–Kier alpha value is -0.610. The second-order valence-electron chi connectivity index (χ2n) is 4.01. The standard InChI is InChI=1S/C10H20N2O2/c1-3-8(2)12-10(9(11)13)4-6-14-7-5-10/h8,12H,3-7H2,1-2H3,(H2,11,13). The maximum absolute atomic E-state index is 11.4. The van der Waals surface area contributed by atoms with E-state index in [0.29, 0.717) is 32.1 Å². The highest BCUT2D eigenvalue weighted by Gasteiger charge is 2.38. The van der Waals surface area contributed by atoms with E-state index < -0.39 is 5.54 Å². The lowest BCUT2D eigenvalue weighted by molar-refractivity contribution is -0.128. The van der Waals surface area contributed by atoms with Gasteiger partial charge in [-0.05, 0) is 26.2 Å². The fraction of sp³-hybridized carbons (Fsp3) is 0.900. The first-order valence-electron chi connectivity index (χ1n) is 5.26. The summed E-state index contributed by atoms with van der Waals surface area (Å²) in [5.41, 5.74) is 4.91. The van der Waals surface area contributed by atoms with Crippen LogP contribution in [0, 0.1) is 0 Å². The molecular formula is C10H20N2O2. The van der Waals surface area contributed by atoms with Gasteiger partial charge in [0, 0.05) is 19.3 Å². The molecule has 1 aliphatic rings.